The van der Waals surface area contributed by atoms with Gasteiger partial charge in [0.1, 0.15) is 6.04 Å². The highest BCUT2D eigenvalue weighted by molar-refractivity contribution is 9.10. The van der Waals surface area contributed by atoms with Gasteiger partial charge in [-0.1, -0.05) is 15.9 Å². The van der Waals surface area contributed by atoms with Crippen molar-refractivity contribution in [1.29, 1.82) is 0 Å². The number of benzene rings is 1. The lowest BCUT2D eigenvalue weighted by Gasteiger charge is -2.23. The highest BCUT2D eigenvalue weighted by atomic mass is 79.9. The van der Waals surface area contributed by atoms with E-state index in [4.69, 9.17) is 5.11 Å². The largest absolute Gasteiger partial charge is 0.480 e. The molecule has 2 rings (SSSR count). The molecule has 1 aliphatic heterocycles. The molecule has 0 aliphatic carbocycles. The average Bonchev–Trinajstić information content (AvgIpc) is 2.67. The molecule has 0 unspecified atom stereocenters. The van der Waals surface area contributed by atoms with Crippen molar-refractivity contribution < 1.29 is 9.90 Å². The van der Waals surface area contributed by atoms with Gasteiger partial charge in [-0.25, -0.2) is 4.79 Å². The molecule has 1 aromatic carbocycles. The van der Waals surface area contributed by atoms with Crippen molar-refractivity contribution in [3.05, 3.63) is 28.7 Å². The highest BCUT2D eigenvalue weighted by Gasteiger charge is 2.30. The van der Waals surface area contributed by atoms with E-state index in [0.29, 0.717) is 0 Å². The van der Waals surface area contributed by atoms with Crippen LogP contribution in [0.1, 0.15) is 12.8 Å². The molecule has 1 fully saturated rings. The van der Waals surface area contributed by atoms with Gasteiger partial charge in [-0.2, -0.15) is 0 Å². The van der Waals surface area contributed by atoms with Crippen LogP contribution in [0.15, 0.2) is 28.7 Å². The van der Waals surface area contributed by atoms with E-state index in [1.54, 1.807) is 0 Å². The van der Waals surface area contributed by atoms with Gasteiger partial charge in [-0.3, -0.25) is 0 Å². The van der Waals surface area contributed by atoms with Crippen LogP contribution in [0.3, 0.4) is 0 Å². The second-order valence-electron chi connectivity index (χ2n) is 3.67. The predicted molar refractivity (Wildman–Crippen MR) is 62.1 cm³/mol. The number of carboxylic acid groups (broad SMARTS) is 1. The third-order valence-electron chi connectivity index (χ3n) is 2.70. The lowest BCUT2D eigenvalue weighted by atomic mass is 10.2. The molecule has 0 aromatic heterocycles. The number of hydrogen-bond acceptors (Lipinski definition) is 2. The van der Waals surface area contributed by atoms with Crippen molar-refractivity contribution in [1.82, 2.24) is 0 Å². The zero-order chi connectivity index (χ0) is 10.8. The van der Waals surface area contributed by atoms with E-state index < -0.39 is 5.97 Å². The molecule has 1 heterocycles. The standard InChI is InChI=1S/C11H12BrNO2/c12-8-3-5-9(6-4-8)13-7-1-2-10(13)11(14)15/h3-6,10H,1-2,7H2,(H,14,15)/t10-/m0/s1. The topological polar surface area (TPSA) is 40.5 Å². The predicted octanol–water partition coefficient (Wildman–Crippen LogP) is 2.50. The lowest BCUT2D eigenvalue weighted by Crippen LogP contribution is -2.35. The molecular formula is C11H12BrNO2. The van der Waals surface area contributed by atoms with Crippen LogP contribution in [-0.2, 0) is 4.79 Å². The van der Waals surface area contributed by atoms with E-state index in [1.165, 1.54) is 0 Å². The Kier molecular flexibility index (Phi) is 2.95. The molecule has 1 atom stereocenters. The first-order chi connectivity index (χ1) is 7.18. The quantitative estimate of drug-likeness (QED) is 0.897. The minimum Gasteiger partial charge on any atom is -0.480 e. The van der Waals surface area contributed by atoms with Gasteiger partial charge in [0, 0.05) is 16.7 Å². The van der Waals surface area contributed by atoms with E-state index in [2.05, 4.69) is 15.9 Å². The molecule has 0 spiro atoms. The van der Waals surface area contributed by atoms with E-state index in [-0.39, 0.29) is 6.04 Å². The molecule has 1 N–H and O–H groups in total. The van der Waals surface area contributed by atoms with Crippen LogP contribution in [0.2, 0.25) is 0 Å². The summed E-state index contributed by atoms with van der Waals surface area (Å²) < 4.78 is 1.01. The van der Waals surface area contributed by atoms with Crippen LogP contribution in [0.5, 0.6) is 0 Å². The van der Waals surface area contributed by atoms with Crippen molar-refractivity contribution in [2.75, 3.05) is 11.4 Å². The van der Waals surface area contributed by atoms with E-state index in [1.807, 2.05) is 29.2 Å². The van der Waals surface area contributed by atoms with Crippen LogP contribution in [0.25, 0.3) is 0 Å². The zero-order valence-corrected chi connectivity index (χ0v) is 9.77. The summed E-state index contributed by atoms with van der Waals surface area (Å²) >= 11 is 3.36. The second-order valence-corrected chi connectivity index (χ2v) is 4.58. The monoisotopic (exact) mass is 269 g/mol. The number of hydrogen-bond donors (Lipinski definition) is 1. The Hall–Kier alpha value is -1.03. The van der Waals surface area contributed by atoms with Gasteiger partial charge in [0.2, 0.25) is 0 Å². The Morgan fingerprint density at radius 1 is 1.40 bits per heavy atom. The Labute approximate surface area is 96.8 Å². The minimum absolute atomic E-state index is 0.355. The summed E-state index contributed by atoms with van der Waals surface area (Å²) in [5, 5.41) is 9.05. The van der Waals surface area contributed by atoms with Crippen LogP contribution in [0.4, 0.5) is 5.69 Å². The van der Waals surface area contributed by atoms with Gasteiger partial charge in [-0.05, 0) is 37.1 Å². The van der Waals surface area contributed by atoms with E-state index in [0.717, 1.165) is 29.5 Å². The SMILES string of the molecule is O=C(O)[C@@H]1CCCN1c1ccc(Br)cc1. The smallest absolute Gasteiger partial charge is 0.326 e. The Morgan fingerprint density at radius 2 is 2.07 bits per heavy atom. The summed E-state index contributed by atoms with van der Waals surface area (Å²) in [6.45, 7) is 0.832. The van der Waals surface area contributed by atoms with Gasteiger partial charge in [-0.15, -0.1) is 0 Å². The Morgan fingerprint density at radius 3 is 2.67 bits per heavy atom. The van der Waals surface area contributed by atoms with Gasteiger partial charge in [0.15, 0.2) is 0 Å². The van der Waals surface area contributed by atoms with E-state index >= 15 is 0 Å². The number of halogens is 1. The molecule has 0 amide bonds. The fraction of sp³-hybridized carbons (Fsp3) is 0.364. The molecule has 4 heteroatoms. The first-order valence-corrected chi connectivity index (χ1v) is 5.73. The Bertz CT molecular complexity index is 363. The number of rotatable bonds is 2. The molecule has 15 heavy (non-hydrogen) atoms. The number of carboxylic acids is 1. The molecule has 80 valence electrons. The lowest BCUT2D eigenvalue weighted by molar-refractivity contribution is -0.138. The summed E-state index contributed by atoms with van der Waals surface area (Å²) in [7, 11) is 0. The molecule has 0 saturated carbocycles. The first-order valence-electron chi connectivity index (χ1n) is 4.93. The molecular weight excluding hydrogens is 258 g/mol. The third kappa shape index (κ3) is 2.15. The minimum atomic E-state index is -0.726. The summed E-state index contributed by atoms with van der Waals surface area (Å²) in [6.07, 6.45) is 1.69. The second kappa shape index (κ2) is 4.23. The molecule has 1 aliphatic rings. The maximum Gasteiger partial charge on any atom is 0.326 e. The molecule has 3 nitrogen and oxygen atoms in total. The maximum atomic E-state index is 11.0. The number of nitrogens with zero attached hydrogens (tertiary/aromatic N) is 1. The van der Waals surface area contributed by atoms with Gasteiger partial charge < -0.3 is 10.0 Å². The fourth-order valence-electron chi connectivity index (χ4n) is 1.97. The number of aliphatic carboxylic acids is 1. The molecule has 0 bridgehead atoms. The Balaban J connectivity index is 2.22. The summed E-state index contributed by atoms with van der Waals surface area (Å²) in [5.41, 5.74) is 0.989. The van der Waals surface area contributed by atoms with Gasteiger partial charge >= 0.3 is 5.97 Å². The third-order valence-corrected chi connectivity index (χ3v) is 3.22. The van der Waals surface area contributed by atoms with Crippen LogP contribution in [-0.4, -0.2) is 23.7 Å². The average molecular weight is 270 g/mol. The number of carbonyl (C=O) groups is 1. The maximum absolute atomic E-state index is 11.0. The van der Waals surface area contributed by atoms with Crippen molar-refractivity contribution in [2.45, 2.75) is 18.9 Å². The summed E-state index contributed by atoms with van der Waals surface area (Å²) in [5.74, 6) is -0.726. The van der Waals surface area contributed by atoms with Crippen molar-refractivity contribution in [3.63, 3.8) is 0 Å². The van der Waals surface area contributed by atoms with Crippen molar-refractivity contribution in [2.24, 2.45) is 0 Å². The summed E-state index contributed by atoms with van der Waals surface area (Å²) in [6, 6.07) is 7.42. The van der Waals surface area contributed by atoms with Crippen molar-refractivity contribution >= 4 is 27.6 Å². The van der Waals surface area contributed by atoms with Crippen LogP contribution >= 0.6 is 15.9 Å². The van der Waals surface area contributed by atoms with E-state index in [9.17, 15) is 4.79 Å². The zero-order valence-electron chi connectivity index (χ0n) is 8.19. The van der Waals surface area contributed by atoms with Gasteiger partial charge in [0.05, 0.1) is 0 Å². The normalized spacial score (nSPS) is 20.6. The molecule has 1 saturated heterocycles. The van der Waals surface area contributed by atoms with Crippen LogP contribution < -0.4 is 4.90 Å². The molecule has 0 radical (unpaired) electrons. The van der Waals surface area contributed by atoms with Crippen molar-refractivity contribution in [3.8, 4) is 0 Å². The fourth-order valence-corrected chi connectivity index (χ4v) is 2.23. The first kappa shape index (κ1) is 10.5. The van der Waals surface area contributed by atoms with Crippen LogP contribution in [0, 0.1) is 0 Å². The summed E-state index contributed by atoms with van der Waals surface area (Å²) in [4.78, 5) is 13.0. The molecule has 1 aromatic rings. The van der Waals surface area contributed by atoms with Gasteiger partial charge in [0.25, 0.3) is 0 Å². The highest BCUT2D eigenvalue weighted by Crippen LogP contribution is 2.26. The number of anilines is 1.